The van der Waals surface area contributed by atoms with E-state index in [-0.39, 0.29) is 25.5 Å². The Hall–Kier alpha value is -4.84. The SMILES string of the molecule is O=C(NCc1ccc(F)cc1)[C@@H](c1cccs1)N(Cc1ccc(F)cc1)C(=O)Cn1nnc(-c2ccc(F)cc2)n1. The van der Waals surface area contributed by atoms with Gasteiger partial charge in [0.1, 0.15) is 30.0 Å². The number of carbonyl (C=O) groups is 2. The Morgan fingerprint density at radius 1 is 0.854 bits per heavy atom. The van der Waals surface area contributed by atoms with Crippen molar-refractivity contribution in [1.82, 2.24) is 30.4 Å². The number of carbonyl (C=O) groups excluding carboxylic acids is 2. The fourth-order valence-electron chi connectivity index (χ4n) is 4.11. The van der Waals surface area contributed by atoms with Gasteiger partial charge in [-0.1, -0.05) is 30.3 Å². The third-order valence-corrected chi connectivity index (χ3v) is 7.10. The van der Waals surface area contributed by atoms with Crippen LogP contribution in [0.15, 0.2) is 90.3 Å². The van der Waals surface area contributed by atoms with Gasteiger partial charge in [-0.05, 0) is 76.3 Å². The second-order valence-corrected chi connectivity index (χ2v) is 10.0. The number of nitrogens with one attached hydrogen (secondary N) is 1. The highest BCUT2D eigenvalue weighted by Gasteiger charge is 2.33. The summed E-state index contributed by atoms with van der Waals surface area (Å²) < 4.78 is 40.3. The smallest absolute Gasteiger partial charge is 0.248 e. The van der Waals surface area contributed by atoms with Gasteiger partial charge in [-0.2, -0.15) is 4.80 Å². The number of rotatable bonds is 10. The molecule has 0 aliphatic rings. The van der Waals surface area contributed by atoms with Gasteiger partial charge in [-0.3, -0.25) is 9.59 Å². The third-order valence-electron chi connectivity index (χ3n) is 6.17. The highest BCUT2D eigenvalue weighted by atomic mass is 32.1. The molecule has 0 bridgehead atoms. The van der Waals surface area contributed by atoms with Crippen molar-refractivity contribution in [2.24, 2.45) is 0 Å². The molecule has 1 atom stereocenters. The number of hydrogen-bond acceptors (Lipinski definition) is 6. The molecular weight excluding hydrogens is 553 g/mol. The van der Waals surface area contributed by atoms with Gasteiger partial charge in [0.15, 0.2) is 0 Å². The number of tetrazole rings is 1. The molecule has 0 unspecified atom stereocenters. The van der Waals surface area contributed by atoms with Crippen molar-refractivity contribution in [1.29, 1.82) is 0 Å². The molecule has 12 heteroatoms. The Kier molecular flexibility index (Phi) is 8.49. The molecule has 8 nitrogen and oxygen atoms in total. The summed E-state index contributed by atoms with van der Waals surface area (Å²) in [7, 11) is 0. The zero-order valence-corrected chi connectivity index (χ0v) is 22.3. The highest BCUT2D eigenvalue weighted by Crippen LogP contribution is 2.28. The lowest BCUT2D eigenvalue weighted by atomic mass is 10.1. The average molecular weight is 577 g/mol. The van der Waals surface area contributed by atoms with Crippen LogP contribution in [-0.2, 0) is 29.2 Å². The molecule has 5 aromatic rings. The minimum Gasteiger partial charge on any atom is -0.350 e. The van der Waals surface area contributed by atoms with Gasteiger partial charge in [0.05, 0.1) is 0 Å². The predicted octanol–water partition coefficient (Wildman–Crippen LogP) is 4.91. The van der Waals surface area contributed by atoms with E-state index in [0.717, 1.165) is 4.80 Å². The van der Waals surface area contributed by atoms with Gasteiger partial charge >= 0.3 is 0 Å². The largest absolute Gasteiger partial charge is 0.350 e. The summed E-state index contributed by atoms with van der Waals surface area (Å²) in [4.78, 5) is 30.5. The Labute approximate surface area is 237 Å². The van der Waals surface area contributed by atoms with Crippen molar-refractivity contribution < 1.29 is 22.8 Å². The highest BCUT2D eigenvalue weighted by molar-refractivity contribution is 7.10. The summed E-state index contributed by atoms with van der Waals surface area (Å²) in [5.74, 6) is -1.98. The average Bonchev–Trinajstić information content (AvgIpc) is 3.67. The van der Waals surface area contributed by atoms with E-state index in [1.165, 1.54) is 76.9 Å². The molecule has 208 valence electrons. The van der Waals surface area contributed by atoms with Gasteiger partial charge in [0, 0.05) is 23.5 Å². The molecule has 2 aromatic heterocycles. The molecule has 0 aliphatic heterocycles. The Balaban J connectivity index is 1.42. The van der Waals surface area contributed by atoms with Gasteiger partial charge < -0.3 is 10.2 Å². The molecule has 0 saturated heterocycles. The van der Waals surface area contributed by atoms with Crippen LogP contribution in [0.4, 0.5) is 13.2 Å². The normalized spacial score (nSPS) is 11.7. The first-order valence-corrected chi connectivity index (χ1v) is 13.4. The molecular formula is C29H23F3N6O2S. The second kappa shape index (κ2) is 12.6. The van der Waals surface area contributed by atoms with E-state index in [2.05, 4.69) is 20.7 Å². The van der Waals surface area contributed by atoms with E-state index in [1.54, 1.807) is 29.6 Å². The number of aromatic nitrogens is 4. The fourth-order valence-corrected chi connectivity index (χ4v) is 4.94. The van der Waals surface area contributed by atoms with Gasteiger partial charge in [-0.25, -0.2) is 13.2 Å². The number of halogens is 3. The van der Waals surface area contributed by atoms with Crippen LogP contribution in [0.3, 0.4) is 0 Å². The van der Waals surface area contributed by atoms with Crippen LogP contribution < -0.4 is 5.32 Å². The zero-order valence-electron chi connectivity index (χ0n) is 21.5. The summed E-state index contributed by atoms with van der Waals surface area (Å²) in [6.07, 6.45) is 0. The lowest BCUT2D eigenvalue weighted by Crippen LogP contribution is -2.44. The fraction of sp³-hybridized carbons (Fsp3) is 0.138. The van der Waals surface area contributed by atoms with Crippen molar-refractivity contribution in [3.05, 3.63) is 124 Å². The monoisotopic (exact) mass is 576 g/mol. The summed E-state index contributed by atoms with van der Waals surface area (Å²) in [5.41, 5.74) is 1.80. The van der Waals surface area contributed by atoms with Crippen LogP contribution in [0, 0.1) is 17.5 Å². The standard InChI is InChI=1S/C29H23F3N6O2S/c30-22-9-3-19(4-10-22)16-33-29(40)27(25-2-1-15-41-25)37(17-20-5-11-23(31)12-6-20)26(39)18-38-35-28(34-36-38)21-7-13-24(32)14-8-21/h1-15,27H,16-18H2,(H,33,40)/t27-/m1/s1. The maximum atomic E-state index is 13.8. The molecule has 2 amide bonds. The summed E-state index contributed by atoms with van der Waals surface area (Å²) >= 11 is 1.31. The van der Waals surface area contributed by atoms with Crippen LogP contribution >= 0.6 is 11.3 Å². The molecule has 41 heavy (non-hydrogen) atoms. The summed E-state index contributed by atoms with van der Waals surface area (Å²) in [5, 5.41) is 16.8. The van der Waals surface area contributed by atoms with Crippen LogP contribution in [0.25, 0.3) is 11.4 Å². The van der Waals surface area contributed by atoms with E-state index in [4.69, 9.17) is 0 Å². The minimum absolute atomic E-state index is 0.00877. The van der Waals surface area contributed by atoms with Gasteiger partial charge in [0.2, 0.25) is 17.6 Å². The number of hydrogen-bond donors (Lipinski definition) is 1. The summed E-state index contributed by atoms with van der Waals surface area (Å²) in [6.45, 7) is -0.237. The van der Waals surface area contributed by atoms with Gasteiger partial charge in [0.25, 0.3) is 0 Å². The molecule has 0 radical (unpaired) electrons. The number of thiophene rings is 1. The topological polar surface area (TPSA) is 93.0 Å². The molecule has 1 N–H and O–H groups in total. The van der Waals surface area contributed by atoms with E-state index < -0.39 is 35.3 Å². The molecule has 5 rings (SSSR count). The Morgan fingerprint density at radius 3 is 2.07 bits per heavy atom. The molecule has 0 spiro atoms. The molecule has 0 fully saturated rings. The summed E-state index contributed by atoms with van der Waals surface area (Å²) in [6, 6.07) is 19.4. The molecule has 0 aliphatic carbocycles. The van der Waals surface area contributed by atoms with Crippen LogP contribution in [0.2, 0.25) is 0 Å². The Bertz CT molecular complexity index is 1610. The lowest BCUT2D eigenvalue weighted by molar-refractivity contribution is -0.142. The third kappa shape index (κ3) is 7.03. The number of nitrogens with zero attached hydrogens (tertiary/aromatic N) is 5. The van der Waals surface area contributed by atoms with Crippen LogP contribution in [-0.4, -0.2) is 36.9 Å². The second-order valence-electron chi connectivity index (χ2n) is 9.06. The van der Waals surface area contributed by atoms with Crippen LogP contribution in [0.5, 0.6) is 0 Å². The predicted molar refractivity (Wildman–Crippen MR) is 145 cm³/mol. The van der Waals surface area contributed by atoms with Crippen molar-refractivity contribution in [3.8, 4) is 11.4 Å². The van der Waals surface area contributed by atoms with Crippen molar-refractivity contribution in [2.45, 2.75) is 25.7 Å². The van der Waals surface area contributed by atoms with Crippen molar-refractivity contribution in [2.75, 3.05) is 0 Å². The molecule has 0 saturated carbocycles. The zero-order chi connectivity index (χ0) is 28.8. The number of benzene rings is 3. The van der Waals surface area contributed by atoms with Crippen LogP contribution in [0.1, 0.15) is 22.0 Å². The van der Waals surface area contributed by atoms with E-state index in [9.17, 15) is 22.8 Å². The van der Waals surface area contributed by atoms with Crippen molar-refractivity contribution >= 4 is 23.2 Å². The van der Waals surface area contributed by atoms with Gasteiger partial charge in [-0.15, -0.1) is 21.5 Å². The van der Waals surface area contributed by atoms with E-state index in [1.807, 2.05) is 0 Å². The lowest BCUT2D eigenvalue weighted by Gasteiger charge is -2.30. The maximum absolute atomic E-state index is 13.8. The Morgan fingerprint density at radius 2 is 1.46 bits per heavy atom. The van der Waals surface area contributed by atoms with E-state index >= 15 is 0 Å². The minimum atomic E-state index is -1.03. The van der Waals surface area contributed by atoms with Crippen molar-refractivity contribution in [3.63, 3.8) is 0 Å². The first kappa shape index (κ1) is 27.7. The first-order chi connectivity index (χ1) is 19.9. The van der Waals surface area contributed by atoms with E-state index in [0.29, 0.717) is 21.6 Å². The maximum Gasteiger partial charge on any atom is 0.248 e. The number of amides is 2. The molecule has 3 aromatic carbocycles. The quantitative estimate of drug-likeness (QED) is 0.255. The molecule has 2 heterocycles. The first-order valence-electron chi connectivity index (χ1n) is 12.5.